The van der Waals surface area contributed by atoms with Gasteiger partial charge in [-0.25, -0.2) is 12.8 Å². The summed E-state index contributed by atoms with van der Waals surface area (Å²) >= 11 is 0. The van der Waals surface area contributed by atoms with Gasteiger partial charge in [-0.05, 0) is 18.6 Å². The third-order valence-electron chi connectivity index (χ3n) is 3.39. The van der Waals surface area contributed by atoms with Gasteiger partial charge in [-0.1, -0.05) is 12.1 Å². The second kappa shape index (κ2) is 5.80. The number of hydrogen-bond donors (Lipinski definition) is 1. The number of rotatable bonds is 2. The number of benzene rings is 1. The third-order valence-corrected chi connectivity index (χ3v) is 5.14. The summed E-state index contributed by atoms with van der Waals surface area (Å²) in [6, 6.07) is 4.96. The fraction of sp³-hybridized carbons (Fsp3) is 0.385. The van der Waals surface area contributed by atoms with E-state index in [9.17, 15) is 22.4 Å². The molecule has 8 heteroatoms. The Morgan fingerprint density at radius 2 is 2.00 bits per heavy atom. The molecule has 1 saturated heterocycles. The summed E-state index contributed by atoms with van der Waals surface area (Å²) in [7, 11) is -1.78. The number of amides is 2. The average Bonchev–Trinajstić information content (AvgIpc) is 2.80. The number of carbonyl (C=O) groups excluding carboxylic acids is 2. The Balaban J connectivity index is 2.03. The lowest BCUT2D eigenvalue weighted by Crippen LogP contribution is -2.44. The topological polar surface area (TPSA) is 83.6 Å². The molecule has 6 nitrogen and oxygen atoms in total. The van der Waals surface area contributed by atoms with E-state index in [2.05, 4.69) is 5.32 Å². The van der Waals surface area contributed by atoms with Crippen molar-refractivity contribution in [3.05, 3.63) is 30.1 Å². The SMILES string of the molecule is CN(C(=O)C(=O)Nc1ccccc1F)C1CCS(=O)(=O)C1. The minimum Gasteiger partial charge on any atom is -0.333 e. The number of halogens is 1. The van der Waals surface area contributed by atoms with E-state index in [0.29, 0.717) is 6.42 Å². The predicted octanol–water partition coefficient (Wildman–Crippen LogP) is 0.410. The number of likely N-dealkylation sites (N-methyl/N-ethyl adjacent to an activating group) is 1. The number of nitrogens with zero attached hydrogens (tertiary/aromatic N) is 1. The Morgan fingerprint density at radius 1 is 1.33 bits per heavy atom. The standard InChI is InChI=1S/C13H15FN2O4S/c1-16(9-6-7-21(19,20)8-9)13(18)12(17)15-11-5-3-2-4-10(11)14/h2-5,9H,6-8H2,1H3,(H,15,17). The van der Waals surface area contributed by atoms with Crippen molar-refractivity contribution in [2.75, 3.05) is 23.9 Å². The van der Waals surface area contributed by atoms with Crippen LogP contribution in [0.1, 0.15) is 6.42 Å². The highest BCUT2D eigenvalue weighted by Gasteiger charge is 2.34. The van der Waals surface area contributed by atoms with Crippen molar-refractivity contribution in [2.45, 2.75) is 12.5 Å². The lowest BCUT2D eigenvalue weighted by molar-refractivity contribution is -0.143. The first-order chi connectivity index (χ1) is 9.80. The van der Waals surface area contributed by atoms with Gasteiger partial charge in [0.15, 0.2) is 9.84 Å². The highest BCUT2D eigenvalue weighted by molar-refractivity contribution is 7.91. The molecule has 1 unspecified atom stereocenters. The smallest absolute Gasteiger partial charge is 0.313 e. The van der Waals surface area contributed by atoms with Crippen molar-refractivity contribution in [1.82, 2.24) is 4.90 Å². The average molecular weight is 314 g/mol. The third kappa shape index (κ3) is 3.57. The molecule has 0 spiro atoms. The van der Waals surface area contributed by atoms with Gasteiger partial charge < -0.3 is 10.2 Å². The minimum absolute atomic E-state index is 0.00419. The summed E-state index contributed by atoms with van der Waals surface area (Å²) in [6.07, 6.45) is 0.303. The monoisotopic (exact) mass is 314 g/mol. The molecule has 0 aromatic heterocycles. The molecule has 0 aliphatic carbocycles. The van der Waals surface area contributed by atoms with Crippen LogP contribution in [0.25, 0.3) is 0 Å². The number of sulfone groups is 1. The second-order valence-electron chi connectivity index (χ2n) is 4.91. The lowest BCUT2D eigenvalue weighted by Gasteiger charge is -2.22. The van der Waals surface area contributed by atoms with Gasteiger partial charge in [-0.3, -0.25) is 9.59 Å². The van der Waals surface area contributed by atoms with E-state index in [1.165, 1.54) is 25.2 Å². The summed E-state index contributed by atoms with van der Waals surface area (Å²) in [5, 5.41) is 2.18. The van der Waals surface area contributed by atoms with E-state index in [4.69, 9.17) is 0 Å². The van der Waals surface area contributed by atoms with Gasteiger partial charge in [-0.15, -0.1) is 0 Å². The zero-order valence-corrected chi connectivity index (χ0v) is 12.2. The molecular formula is C13H15FN2O4S. The van der Waals surface area contributed by atoms with Crippen molar-refractivity contribution in [3.63, 3.8) is 0 Å². The predicted molar refractivity (Wildman–Crippen MR) is 74.9 cm³/mol. The summed E-state index contributed by atoms with van der Waals surface area (Å²) in [5.41, 5.74) is -0.0942. The maximum Gasteiger partial charge on any atom is 0.313 e. The van der Waals surface area contributed by atoms with Crippen LogP contribution in [0.3, 0.4) is 0 Å². The fourth-order valence-electron chi connectivity index (χ4n) is 2.15. The van der Waals surface area contributed by atoms with Crippen LogP contribution in [0.15, 0.2) is 24.3 Å². The summed E-state index contributed by atoms with van der Waals surface area (Å²) in [4.78, 5) is 24.9. The lowest BCUT2D eigenvalue weighted by atomic mass is 10.2. The number of hydrogen-bond acceptors (Lipinski definition) is 4. The molecule has 1 aromatic rings. The molecule has 21 heavy (non-hydrogen) atoms. The highest BCUT2D eigenvalue weighted by Crippen LogP contribution is 2.17. The first-order valence-electron chi connectivity index (χ1n) is 6.33. The second-order valence-corrected chi connectivity index (χ2v) is 7.14. The number of carbonyl (C=O) groups is 2. The zero-order valence-electron chi connectivity index (χ0n) is 11.4. The molecule has 1 aliphatic rings. The van der Waals surface area contributed by atoms with E-state index < -0.39 is 33.5 Å². The highest BCUT2D eigenvalue weighted by atomic mass is 32.2. The summed E-state index contributed by atoms with van der Waals surface area (Å²) in [5.74, 6) is -2.68. The molecule has 1 N–H and O–H groups in total. The Bertz CT molecular complexity index is 675. The van der Waals surface area contributed by atoms with E-state index in [0.717, 1.165) is 11.0 Å². The molecule has 0 bridgehead atoms. The quantitative estimate of drug-likeness (QED) is 0.802. The largest absolute Gasteiger partial charge is 0.333 e. The van der Waals surface area contributed by atoms with Crippen molar-refractivity contribution in [3.8, 4) is 0 Å². The minimum atomic E-state index is -3.15. The molecule has 2 amide bonds. The molecule has 1 atom stereocenters. The van der Waals surface area contributed by atoms with Crippen molar-refractivity contribution >= 4 is 27.3 Å². The van der Waals surface area contributed by atoms with Crippen LogP contribution >= 0.6 is 0 Å². The normalized spacial score (nSPS) is 20.0. The van der Waals surface area contributed by atoms with Crippen LogP contribution in [0.4, 0.5) is 10.1 Å². The summed E-state index contributed by atoms with van der Waals surface area (Å²) in [6.45, 7) is 0. The first kappa shape index (κ1) is 15.4. The maximum absolute atomic E-state index is 13.4. The number of anilines is 1. The van der Waals surface area contributed by atoms with E-state index in [-0.39, 0.29) is 17.2 Å². The molecule has 1 fully saturated rings. The van der Waals surface area contributed by atoms with Gasteiger partial charge >= 0.3 is 11.8 Å². The number of nitrogens with one attached hydrogen (secondary N) is 1. The van der Waals surface area contributed by atoms with Crippen LogP contribution in [0, 0.1) is 5.82 Å². The van der Waals surface area contributed by atoms with Crippen molar-refractivity contribution < 1.29 is 22.4 Å². The van der Waals surface area contributed by atoms with Gasteiger partial charge in [-0.2, -0.15) is 0 Å². The summed E-state index contributed by atoms with van der Waals surface area (Å²) < 4.78 is 36.2. The molecule has 114 valence electrons. The van der Waals surface area contributed by atoms with Gasteiger partial charge in [0, 0.05) is 13.1 Å². The van der Waals surface area contributed by atoms with E-state index in [1.54, 1.807) is 0 Å². The van der Waals surface area contributed by atoms with Gasteiger partial charge in [0.05, 0.1) is 17.2 Å². The molecule has 0 saturated carbocycles. The van der Waals surface area contributed by atoms with Gasteiger partial charge in [0.25, 0.3) is 0 Å². The Morgan fingerprint density at radius 3 is 2.57 bits per heavy atom. The Hall–Kier alpha value is -1.96. The maximum atomic E-state index is 13.4. The van der Waals surface area contributed by atoms with Crippen molar-refractivity contribution in [2.24, 2.45) is 0 Å². The van der Waals surface area contributed by atoms with Gasteiger partial charge in [0.2, 0.25) is 0 Å². The molecule has 1 aliphatic heterocycles. The Kier molecular flexibility index (Phi) is 4.26. The fourth-order valence-corrected chi connectivity index (χ4v) is 3.92. The van der Waals surface area contributed by atoms with E-state index in [1.807, 2.05) is 0 Å². The first-order valence-corrected chi connectivity index (χ1v) is 8.15. The van der Waals surface area contributed by atoms with Crippen LogP contribution < -0.4 is 5.32 Å². The Labute approximate surface area is 121 Å². The molecule has 1 heterocycles. The molecule has 2 rings (SSSR count). The molecular weight excluding hydrogens is 299 g/mol. The van der Waals surface area contributed by atoms with E-state index >= 15 is 0 Å². The van der Waals surface area contributed by atoms with Gasteiger partial charge in [0.1, 0.15) is 5.82 Å². The van der Waals surface area contributed by atoms with Crippen molar-refractivity contribution in [1.29, 1.82) is 0 Å². The van der Waals surface area contributed by atoms with Crippen LogP contribution in [0.2, 0.25) is 0 Å². The molecule has 1 aromatic carbocycles. The van der Waals surface area contributed by atoms with Crippen LogP contribution in [0.5, 0.6) is 0 Å². The zero-order chi connectivity index (χ0) is 15.6. The molecule has 0 radical (unpaired) electrons. The van der Waals surface area contributed by atoms with Crippen LogP contribution in [-0.4, -0.2) is 49.7 Å². The van der Waals surface area contributed by atoms with Crippen LogP contribution in [-0.2, 0) is 19.4 Å². The number of para-hydroxylation sites is 1.